The molecule has 0 bridgehead atoms. The third-order valence-corrected chi connectivity index (χ3v) is 4.91. The van der Waals surface area contributed by atoms with Crippen molar-refractivity contribution in [3.8, 4) is 0 Å². The first-order chi connectivity index (χ1) is 12.8. The normalized spacial score (nSPS) is 11.1. The molecule has 0 radical (unpaired) electrons. The fourth-order valence-electron chi connectivity index (χ4n) is 3.44. The van der Waals surface area contributed by atoms with Crippen LogP contribution in [0, 0.1) is 13.8 Å². The number of hydrogen-bond acceptors (Lipinski definition) is 4. The number of rotatable bonds is 5. The highest BCUT2D eigenvalue weighted by Gasteiger charge is 2.13. The largest absolute Gasteiger partial charge is 0.423 e. The second kappa shape index (κ2) is 7.27. The molecule has 3 aromatic rings. The van der Waals surface area contributed by atoms with Gasteiger partial charge in [-0.05, 0) is 66.3 Å². The summed E-state index contributed by atoms with van der Waals surface area (Å²) in [5.41, 5.74) is 10.9. The number of primary amides is 1. The van der Waals surface area contributed by atoms with E-state index in [1.54, 1.807) is 12.1 Å². The first-order valence-electron chi connectivity index (χ1n) is 8.98. The van der Waals surface area contributed by atoms with Crippen LogP contribution in [0.5, 0.6) is 0 Å². The zero-order valence-electron chi connectivity index (χ0n) is 16.1. The molecule has 0 unspecified atom stereocenters. The Morgan fingerprint density at radius 3 is 2.59 bits per heavy atom. The van der Waals surface area contributed by atoms with Gasteiger partial charge < -0.3 is 15.5 Å². The van der Waals surface area contributed by atoms with E-state index in [9.17, 15) is 9.59 Å². The van der Waals surface area contributed by atoms with E-state index in [1.165, 1.54) is 11.6 Å². The molecule has 0 saturated carbocycles. The molecule has 0 saturated heterocycles. The molecule has 3 N–H and O–H groups in total. The predicted octanol–water partition coefficient (Wildman–Crippen LogP) is 4.24. The number of nitrogens with two attached hydrogens (primary N) is 1. The summed E-state index contributed by atoms with van der Waals surface area (Å²) in [5.74, 6) is -0.0874. The Kier molecular flexibility index (Phi) is 5.04. The van der Waals surface area contributed by atoms with E-state index in [-0.39, 0.29) is 5.63 Å². The Morgan fingerprint density at radius 2 is 1.93 bits per heavy atom. The minimum atomic E-state index is -0.459. The van der Waals surface area contributed by atoms with Crippen molar-refractivity contribution in [2.75, 3.05) is 5.32 Å². The fraction of sp³-hybridized carbons (Fsp3) is 0.273. The fourth-order valence-corrected chi connectivity index (χ4v) is 3.44. The van der Waals surface area contributed by atoms with Gasteiger partial charge in [-0.3, -0.25) is 4.79 Å². The highest BCUT2D eigenvalue weighted by Crippen LogP contribution is 2.27. The Bertz CT molecular complexity index is 1080. The number of carbonyl (C=O) groups is 1. The maximum atomic E-state index is 12.0. The van der Waals surface area contributed by atoms with Gasteiger partial charge in [-0.25, -0.2) is 4.79 Å². The summed E-state index contributed by atoms with van der Waals surface area (Å²) >= 11 is 0. The van der Waals surface area contributed by atoms with Crippen molar-refractivity contribution in [1.82, 2.24) is 0 Å². The minimum absolute atomic E-state index is 0.372. The van der Waals surface area contributed by atoms with Crippen LogP contribution in [0.15, 0.2) is 45.6 Å². The van der Waals surface area contributed by atoms with Crippen LogP contribution in [0.3, 0.4) is 0 Å². The van der Waals surface area contributed by atoms with Crippen molar-refractivity contribution in [3.63, 3.8) is 0 Å². The van der Waals surface area contributed by atoms with Crippen molar-refractivity contribution in [2.45, 2.75) is 40.2 Å². The molecule has 1 amide bonds. The van der Waals surface area contributed by atoms with Gasteiger partial charge in [0, 0.05) is 29.2 Å². The van der Waals surface area contributed by atoms with Crippen LogP contribution in [0.25, 0.3) is 11.0 Å². The van der Waals surface area contributed by atoms with Gasteiger partial charge in [-0.2, -0.15) is 0 Å². The van der Waals surface area contributed by atoms with Crippen LogP contribution < -0.4 is 16.7 Å². The van der Waals surface area contributed by atoms with E-state index >= 15 is 0 Å². The number of fused-ring (bicyclic) bond motifs is 1. The van der Waals surface area contributed by atoms with Crippen LogP contribution in [-0.2, 0) is 6.54 Å². The molecule has 140 valence electrons. The molecule has 0 aliphatic rings. The van der Waals surface area contributed by atoms with Crippen molar-refractivity contribution >= 4 is 22.6 Å². The van der Waals surface area contributed by atoms with E-state index in [4.69, 9.17) is 10.2 Å². The zero-order chi connectivity index (χ0) is 19.7. The summed E-state index contributed by atoms with van der Waals surface area (Å²) in [5, 5.41) is 4.24. The third kappa shape index (κ3) is 3.72. The number of hydrogen-bond donors (Lipinski definition) is 2. The SMILES string of the molecule is Cc1cc2oc(=O)cc(CNc3cccc(C(N)=O)c3C)c2cc1C(C)C. The number of nitrogens with one attached hydrogen (secondary N) is 1. The predicted molar refractivity (Wildman–Crippen MR) is 108 cm³/mol. The smallest absolute Gasteiger partial charge is 0.336 e. The summed E-state index contributed by atoms with van der Waals surface area (Å²) < 4.78 is 5.40. The maximum absolute atomic E-state index is 12.0. The molecule has 3 rings (SSSR count). The Labute approximate surface area is 158 Å². The first-order valence-corrected chi connectivity index (χ1v) is 8.98. The summed E-state index contributed by atoms with van der Waals surface area (Å²) in [7, 11) is 0. The Balaban J connectivity index is 2.02. The summed E-state index contributed by atoms with van der Waals surface area (Å²) in [6.45, 7) is 8.60. The van der Waals surface area contributed by atoms with E-state index in [2.05, 4.69) is 25.2 Å². The lowest BCUT2D eigenvalue weighted by molar-refractivity contribution is 0.1000. The van der Waals surface area contributed by atoms with Crippen molar-refractivity contribution in [3.05, 3.63) is 74.6 Å². The number of amides is 1. The van der Waals surface area contributed by atoms with Gasteiger partial charge in [-0.1, -0.05) is 19.9 Å². The molecule has 5 nitrogen and oxygen atoms in total. The highest BCUT2D eigenvalue weighted by molar-refractivity contribution is 5.95. The van der Waals surface area contributed by atoms with E-state index in [0.29, 0.717) is 23.6 Å². The average molecular weight is 364 g/mol. The number of benzene rings is 2. The highest BCUT2D eigenvalue weighted by atomic mass is 16.4. The standard InChI is InChI=1S/C22H24N2O3/c1-12(2)17-10-18-15(9-21(25)27-20(18)8-13(17)3)11-24-19-7-5-6-16(14(19)4)22(23)26/h5-10,12,24H,11H2,1-4H3,(H2,23,26). The lowest BCUT2D eigenvalue weighted by Crippen LogP contribution is -2.14. The summed E-state index contributed by atoms with van der Waals surface area (Å²) in [6.07, 6.45) is 0. The lowest BCUT2D eigenvalue weighted by atomic mass is 9.95. The first kappa shape index (κ1) is 18.7. The van der Waals surface area contributed by atoms with Gasteiger partial charge in [0.2, 0.25) is 5.91 Å². The van der Waals surface area contributed by atoms with Crippen molar-refractivity contribution < 1.29 is 9.21 Å². The molecule has 0 fully saturated rings. The molecule has 2 aromatic carbocycles. The molecule has 0 spiro atoms. The molecule has 0 aliphatic carbocycles. The molecule has 5 heteroatoms. The van der Waals surface area contributed by atoms with E-state index in [0.717, 1.165) is 27.8 Å². The molecule has 0 atom stereocenters. The molecular weight excluding hydrogens is 340 g/mol. The van der Waals surface area contributed by atoms with Crippen molar-refractivity contribution in [2.24, 2.45) is 5.73 Å². The second-order valence-electron chi connectivity index (χ2n) is 7.15. The zero-order valence-corrected chi connectivity index (χ0v) is 16.1. The van der Waals surface area contributed by atoms with Gasteiger partial charge in [0.25, 0.3) is 0 Å². The Morgan fingerprint density at radius 1 is 1.19 bits per heavy atom. The number of aryl methyl sites for hydroxylation is 1. The van der Waals surface area contributed by atoms with Gasteiger partial charge in [0.05, 0.1) is 0 Å². The molecule has 1 aromatic heterocycles. The van der Waals surface area contributed by atoms with E-state index < -0.39 is 5.91 Å². The second-order valence-corrected chi connectivity index (χ2v) is 7.15. The van der Waals surface area contributed by atoms with Gasteiger partial charge in [0.15, 0.2) is 0 Å². The van der Waals surface area contributed by atoms with Crippen LogP contribution in [-0.4, -0.2) is 5.91 Å². The van der Waals surface area contributed by atoms with Crippen LogP contribution >= 0.6 is 0 Å². The number of anilines is 1. The van der Waals surface area contributed by atoms with Gasteiger partial charge in [-0.15, -0.1) is 0 Å². The average Bonchev–Trinajstić information content (AvgIpc) is 2.59. The third-order valence-electron chi connectivity index (χ3n) is 4.91. The minimum Gasteiger partial charge on any atom is -0.423 e. The van der Waals surface area contributed by atoms with E-state index in [1.807, 2.05) is 26.0 Å². The number of carbonyl (C=O) groups excluding carboxylic acids is 1. The Hall–Kier alpha value is -3.08. The monoisotopic (exact) mass is 364 g/mol. The van der Waals surface area contributed by atoms with Crippen molar-refractivity contribution in [1.29, 1.82) is 0 Å². The molecule has 0 aliphatic heterocycles. The van der Waals surface area contributed by atoms with Crippen LogP contribution in [0.2, 0.25) is 0 Å². The quantitative estimate of drug-likeness (QED) is 0.663. The van der Waals surface area contributed by atoms with Gasteiger partial charge in [0.1, 0.15) is 5.58 Å². The summed E-state index contributed by atoms with van der Waals surface area (Å²) in [4.78, 5) is 23.5. The molecular formula is C22H24N2O3. The van der Waals surface area contributed by atoms with Crippen LogP contribution in [0.1, 0.15) is 52.4 Å². The molecule has 27 heavy (non-hydrogen) atoms. The lowest BCUT2D eigenvalue weighted by Gasteiger charge is -2.15. The molecule has 1 heterocycles. The maximum Gasteiger partial charge on any atom is 0.336 e. The summed E-state index contributed by atoms with van der Waals surface area (Å²) in [6, 6.07) is 10.9. The van der Waals surface area contributed by atoms with Gasteiger partial charge >= 0.3 is 5.63 Å². The topological polar surface area (TPSA) is 85.3 Å². The van der Waals surface area contributed by atoms with Crippen LogP contribution in [0.4, 0.5) is 5.69 Å².